The van der Waals surface area contributed by atoms with Crippen molar-refractivity contribution < 1.29 is 5.21 Å². The van der Waals surface area contributed by atoms with E-state index < -0.39 is 0 Å². The van der Waals surface area contributed by atoms with Crippen molar-refractivity contribution in [1.82, 2.24) is 4.98 Å². The van der Waals surface area contributed by atoms with Crippen LogP contribution in [0.25, 0.3) is 0 Å². The van der Waals surface area contributed by atoms with Gasteiger partial charge >= 0.3 is 0 Å². The zero-order valence-electron chi connectivity index (χ0n) is 12.6. The summed E-state index contributed by atoms with van der Waals surface area (Å²) in [5.41, 5.74) is 7.37. The first-order valence-electron chi connectivity index (χ1n) is 6.37. The number of pyridine rings is 1. The summed E-state index contributed by atoms with van der Waals surface area (Å²) in [6, 6.07) is 3.94. The fraction of sp³-hybridized carbons (Fsp3) is 0.571. The topological polar surface area (TPSA) is 74.7 Å². The summed E-state index contributed by atoms with van der Waals surface area (Å²) < 4.78 is 0. The highest BCUT2D eigenvalue weighted by molar-refractivity contribution is 6.01. The molecule has 5 nitrogen and oxygen atoms in total. The third-order valence-electron chi connectivity index (χ3n) is 3.57. The molecule has 1 rings (SSSR count). The molecule has 0 fully saturated rings. The quantitative estimate of drug-likeness (QED) is 0.380. The highest BCUT2D eigenvalue weighted by Crippen LogP contribution is 2.28. The van der Waals surface area contributed by atoms with Gasteiger partial charge in [-0.3, -0.25) is 0 Å². The molecule has 1 aromatic heterocycles. The van der Waals surface area contributed by atoms with Gasteiger partial charge in [0, 0.05) is 18.8 Å². The van der Waals surface area contributed by atoms with Crippen LogP contribution in [0.4, 0.5) is 5.82 Å². The van der Waals surface area contributed by atoms with Crippen LogP contribution in [0.1, 0.15) is 39.0 Å². The van der Waals surface area contributed by atoms with E-state index in [-0.39, 0.29) is 17.3 Å². The van der Waals surface area contributed by atoms with E-state index in [9.17, 15) is 0 Å². The van der Waals surface area contributed by atoms with Crippen LogP contribution in [-0.4, -0.2) is 29.1 Å². The minimum atomic E-state index is 0.0791. The molecule has 3 N–H and O–H groups in total. The second kappa shape index (κ2) is 5.47. The number of hydrogen-bond acceptors (Lipinski definition) is 4. The summed E-state index contributed by atoms with van der Waals surface area (Å²) in [4.78, 5) is 6.60. The average molecular weight is 264 g/mol. The first kappa shape index (κ1) is 15.3. The number of aryl methyl sites for hydroxylation is 1. The SMILES string of the molecule is Cc1ccc(C(N)=NO)c(N(C)C(C)C(C)(C)C)n1. The number of nitrogens with two attached hydrogens (primary N) is 1. The predicted octanol–water partition coefficient (Wildman–Crippen LogP) is 2.36. The fourth-order valence-corrected chi connectivity index (χ4v) is 1.83. The van der Waals surface area contributed by atoms with Crippen LogP contribution < -0.4 is 10.6 Å². The first-order valence-corrected chi connectivity index (χ1v) is 6.37. The van der Waals surface area contributed by atoms with Crippen molar-refractivity contribution in [1.29, 1.82) is 0 Å². The third-order valence-corrected chi connectivity index (χ3v) is 3.57. The molecular weight excluding hydrogens is 240 g/mol. The van der Waals surface area contributed by atoms with E-state index in [1.165, 1.54) is 0 Å². The maximum absolute atomic E-state index is 8.88. The summed E-state index contributed by atoms with van der Waals surface area (Å²) in [6.07, 6.45) is 0. The summed E-state index contributed by atoms with van der Waals surface area (Å²) in [5, 5.41) is 12.0. The number of oxime groups is 1. The molecule has 0 aromatic carbocycles. The van der Waals surface area contributed by atoms with E-state index >= 15 is 0 Å². The Hall–Kier alpha value is -1.78. The number of rotatable bonds is 3. The summed E-state index contributed by atoms with van der Waals surface area (Å²) in [6.45, 7) is 10.6. The van der Waals surface area contributed by atoms with Crippen molar-refractivity contribution in [3.63, 3.8) is 0 Å². The number of nitrogens with zero attached hydrogens (tertiary/aromatic N) is 3. The molecule has 1 atom stereocenters. The van der Waals surface area contributed by atoms with Gasteiger partial charge in [-0.2, -0.15) is 0 Å². The molecule has 5 heteroatoms. The molecule has 0 saturated heterocycles. The Morgan fingerprint density at radius 1 is 1.42 bits per heavy atom. The summed E-state index contributed by atoms with van der Waals surface area (Å²) in [7, 11) is 1.98. The molecule has 1 heterocycles. The van der Waals surface area contributed by atoms with Gasteiger partial charge in [0.25, 0.3) is 0 Å². The van der Waals surface area contributed by atoms with Gasteiger partial charge in [0.15, 0.2) is 5.84 Å². The summed E-state index contributed by atoms with van der Waals surface area (Å²) in [5.74, 6) is 0.813. The van der Waals surface area contributed by atoms with Crippen LogP contribution >= 0.6 is 0 Å². The van der Waals surface area contributed by atoms with Crippen molar-refractivity contribution in [3.8, 4) is 0 Å². The molecule has 0 amide bonds. The van der Waals surface area contributed by atoms with Gasteiger partial charge in [-0.25, -0.2) is 4.98 Å². The molecule has 106 valence electrons. The lowest BCUT2D eigenvalue weighted by molar-refractivity contribution is 0.318. The van der Waals surface area contributed by atoms with Crippen LogP contribution in [0.5, 0.6) is 0 Å². The normalized spacial score (nSPS) is 14.3. The van der Waals surface area contributed by atoms with Crippen LogP contribution in [0.3, 0.4) is 0 Å². The first-order chi connectivity index (χ1) is 8.68. The van der Waals surface area contributed by atoms with Crippen molar-refractivity contribution >= 4 is 11.7 Å². The lowest BCUT2D eigenvalue weighted by atomic mass is 9.87. The van der Waals surface area contributed by atoms with Crippen molar-refractivity contribution in [2.45, 2.75) is 40.7 Å². The van der Waals surface area contributed by atoms with E-state index in [0.29, 0.717) is 5.56 Å². The average Bonchev–Trinajstić information content (AvgIpc) is 2.34. The second-order valence-electron chi connectivity index (χ2n) is 5.96. The van der Waals surface area contributed by atoms with E-state index in [2.05, 4.69) is 42.7 Å². The minimum Gasteiger partial charge on any atom is -0.409 e. The van der Waals surface area contributed by atoms with Crippen molar-refractivity contribution in [2.24, 2.45) is 16.3 Å². The molecule has 1 unspecified atom stereocenters. The molecule has 0 aliphatic carbocycles. The van der Waals surface area contributed by atoms with E-state index in [1.54, 1.807) is 0 Å². The second-order valence-corrected chi connectivity index (χ2v) is 5.96. The van der Waals surface area contributed by atoms with Gasteiger partial charge < -0.3 is 15.8 Å². The molecule has 19 heavy (non-hydrogen) atoms. The highest BCUT2D eigenvalue weighted by Gasteiger charge is 2.26. The van der Waals surface area contributed by atoms with Gasteiger partial charge in [-0.15, -0.1) is 0 Å². The Morgan fingerprint density at radius 3 is 2.47 bits per heavy atom. The smallest absolute Gasteiger partial charge is 0.173 e. The largest absolute Gasteiger partial charge is 0.409 e. The Bertz CT molecular complexity index is 477. The Labute approximate surface area is 115 Å². The molecule has 0 spiro atoms. The monoisotopic (exact) mass is 264 g/mol. The van der Waals surface area contributed by atoms with Crippen LogP contribution in [0, 0.1) is 12.3 Å². The predicted molar refractivity (Wildman–Crippen MR) is 78.8 cm³/mol. The Morgan fingerprint density at radius 2 is 2.00 bits per heavy atom. The lowest BCUT2D eigenvalue weighted by Gasteiger charge is -2.37. The number of amidine groups is 1. The molecule has 0 radical (unpaired) electrons. The zero-order chi connectivity index (χ0) is 14.8. The van der Waals surface area contributed by atoms with E-state index in [4.69, 9.17) is 10.9 Å². The van der Waals surface area contributed by atoms with E-state index in [1.807, 2.05) is 26.1 Å². The molecule has 0 aliphatic rings. The Balaban J connectivity index is 3.29. The van der Waals surface area contributed by atoms with Crippen LogP contribution in [-0.2, 0) is 0 Å². The van der Waals surface area contributed by atoms with E-state index in [0.717, 1.165) is 11.5 Å². The maximum atomic E-state index is 8.88. The van der Waals surface area contributed by atoms with Gasteiger partial charge in [0.1, 0.15) is 5.82 Å². The lowest BCUT2D eigenvalue weighted by Crippen LogP contribution is -2.41. The van der Waals surface area contributed by atoms with Gasteiger partial charge in [-0.05, 0) is 31.4 Å². The number of aromatic nitrogens is 1. The Kier molecular flexibility index (Phi) is 4.39. The standard InChI is InChI=1S/C14H24N4O/c1-9-7-8-11(12(15)17-19)13(16-9)18(6)10(2)14(3,4)5/h7-8,10,19H,1-6H3,(H2,15,17). The summed E-state index contributed by atoms with van der Waals surface area (Å²) >= 11 is 0. The highest BCUT2D eigenvalue weighted by atomic mass is 16.4. The number of hydrogen-bond donors (Lipinski definition) is 2. The van der Waals surface area contributed by atoms with Crippen molar-refractivity contribution in [2.75, 3.05) is 11.9 Å². The molecule has 0 bridgehead atoms. The minimum absolute atomic E-state index is 0.0791. The van der Waals surface area contributed by atoms with Gasteiger partial charge in [-0.1, -0.05) is 25.9 Å². The van der Waals surface area contributed by atoms with Crippen LogP contribution in [0.2, 0.25) is 0 Å². The fourth-order valence-electron chi connectivity index (χ4n) is 1.83. The molecule has 0 aliphatic heterocycles. The van der Waals surface area contributed by atoms with Crippen LogP contribution in [0.15, 0.2) is 17.3 Å². The maximum Gasteiger partial charge on any atom is 0.173 e. The molecule has 1 aromatic rings. The molecule has 0 saturated carbocycles. The third kappa shape index (κ3) is 3.36. The van der Waals surface area contributed by atoms with Crippen molar-refractivity contribution in [3.05, 3.63) is 23.4 Å². The zero-order valence-corrected chi connectivity index (χ0v) is 12.6. The van der Waals surface area contributed by atoms with Gasteiger partial charge in [0.2, 0.25) is 0 Å². The van der Waals surface area contributed by atoms with Gasteiger partial charge in [0.05, 0.1) is 5.56 Å². The number of anilines is 1. The molecular formula is C14H24N4O.